The van der Waals surface area contributed by atoms with Crippen LogP contribution in [0.25, 0.3) is 10.9 Å². The van der Waals surface area contributed by atoms with Crippen LogP contribution in [0, 0.1) is 13.8 Å². The van der Waals surface area contributed by atoms with Crippen LogP contribution in [-0.4, -0.2) is 16.7 Å². The average Bonchev–Trinajstić information content (AvgIpc) is 2.55. The van der Waals surface area contributed by atoms with Crippen molar-refractivity contribution in [2.45, 2.75) is 20.8 Å². The Hall–Kier alpha value is -3.01. The van der Waals surface area contributed by atoms with Gasteiger partial charge < -0.3 is 5.32 Å². The Morgan fingerprint density at radius 3 is 2.33 bits per heavy atom. The van der Waals surface area contributed by atoms with Crippen molar-refractivity contribution in [3.63, 3.8) is 0 Å². The summed E-state index contributed by atoms with van der Waals surface area (Å²) in [5, 5.41) is 3.72. The summed E-state index contributed by atoms with van der Waals surface area (Å²) in [6.45, 7) is 5.38. The summed E-state index contributed by atoms with van der Waals surface area (Å²) in [6, 6.07) is 14.5. The molecule has 0 spiro atoms. The lowest BCUT2D eigenvalue weighted by molar-refractivity contribution is 0.101. The minimum atomic E-state index is -0.188. The predicted molar refractivity (Wildman–Crippen MR) is 95.6 cm³/mol. The molecule has 0 atom stereocenters. The molecule has 2 aromatic carbocycles. The number of pyridine rings is 1. The molecule has 1 N–H and O–H groups in total. The number of rotatable bonds is 3. The minimum absolute atomic E-state index is 0.000829. The fraction of sp³-hybridized carbons (Fsp3) is 0.150. The van der Waals surface area contributed by atoms with Crippen molar-refractivity contribution >= 4 is 28.3 Å². The summed E-state index contributed by atoms with van der Waals surface area (Å²) < 4.78 is 0. The fourth-order valence-electron chi connectivity index (χ4n) is 2.65. The van der Waals surface area contributed by atoms with Crippen molar-refractivity contribution in [1.82, 2.24) is 4.98 Å². The van der Waals surface area contributed by atoms with Crippen molar-refractivity contribution in [1.29, 1.82) is 0 Å². The number of carbonyl (C=O) groups excluding carboxylic acids is 2. The number of aromatic nitrogens is 1. The minimum Gasteiger partial charge on any atom is -0.322 e. The highest BCUT2D eigenvalue weighted by Crippen LogP contribution is 2.21. The van der Waals surface area contributed by atoms with Crippen molar-refractivity contribution in [2.75, 3.05) is 5.32 Å². The summed E-state index contributed by atoms with van der Waals surface area (Å²) in [5.74, 6) is -0.189. The Balaban J connectivity index is 1.96. The maximum Gasteiger partial charge on any atom is 0.256 e. The van der Waals surface area contributed by atoms with Gasteiger partial charge in [-0.2, -0.15) is 0 Å². The van der Waals surface area contributed by atoms with Crippen LogP contribution in [0.2, 0.25) is 0 Å². The van der Waals surface area contributed by atoms with Gasteiger partial charge in [0.15, 0.2) is 5.78 Å². The first-order chi connectivity index (χ1) is 11.4. The third-order valence-electron chi connectivity index (χ3n) is 3.89. The van der Waals surface area contributed by atoms with E-state index in [0.717, 1.165) is 22.2 Å². The first-order valence-electron chi connectivity index (χ1n) is 7.74. The highest BCUT2D eigenvalue weighted by molar-refractivity contribution is 6.12. The number of amides is 1. The second kappa shape index (κ2) is 6.24. The van der Waals surface area contributed by atoms with E-state index >= 15 is 0 Å². The Bertz CT molecular complexity index is 944. The van der Waals surface area contributed by atoms with Crippen LogP contribution in [0.1, 0.15) is 38.9 Å². The molecule has 3 aromatic rings. The van der Waals surface area contributed by atoms with E-state index in [0.29, 0.717) is 16.8 Å². The molecule has 0 bridgehead atoms. The Morgan fingerprint density at radius 2 is 1.67 bits per heavy atom. The zero-order valence-electron chi connectivity index (χ0n) is 13.9. The van der Waals surface area contributed by atoms with Gasteiger partial charge in [-0.3, -0.25) is 14.6 Å². The second-order valence-electron chi connectivity index (χ2n) is 5.92. The lowest BCUT2D eigenvalue weighted by atomic mass is 10.0. The van der Waals surface area contributed by atoms with Crippen LogP contribution < -0.4 is 5.32 Å². The lowest BCUT2D eigenvalue weighted by Gasteiger charge is -2.10. The molecule has 24 heavy (non-hydrogen) atoms. The number of ketones is 1. The molecule has 1 aromatic heterocycles. The van der Waals surface area contributed by atoms with Crippen molar-refractivity contribution in [3.8, 4) is 0 Å². The van der Waals surface area contributed by atoms with Gasteiger partial charge in [0.25, 0.3) is 5.91 Å². The number of anilines is 1. The highest BCUT2D eigenvalue weighted by Gasteiger charge is 2.13. The number of Topliss-reactive ketones (excluding diaryl/α,β-unsaturated/α-hetero) is 1. The quantitative estimate of drug-likeness (QED) is 0.732. The summed E-state index contributed by atoms with van der Waals surface area (Å²) in [7, 11) is 0. The molecule has 0 aliphatic rings. The van der Waals surface area contributed by atoms with Gasteiger partial charge >= 0.3 is 0 Å². The third kappa shape index (κ3) is 3.18. The van der Waals surface area contributed by atoms with Crippen LogP contribution in [0.4, 0.5) is 5.69 Å². The molecule has 1 amide bonds. The van der Waals surface area contributed by atoms with Crippen molar-refractivity contribution < 1.29 is 9.59 Å². The van der Waals surface area contributed by atoms with Gasteiger partial charge in [0.2, 0.25) is 0 Å². The third-order valence-corrected chi connectivity index (χ3v) is 3.89. The Labute approximate surface area is 140 Å². The molecule has 0 saturated carbocycles. The maximum absolute atomic E-state index is 12.7. The lowest BCUT2D eigenvalue weighted by Crippen LogP contribution is -2.13. The van der Waals surface area contributed by atoms with Crippen LogP contribution in [-0.2, 0) is 0 Å². The summed E-state index contributed by atoms with van der Waals surface area (Å²) in [6.07, 6.45) is 0. The van der Waals surface area contributed by atoms with Gasteiger partial charge in [0.05, 0.1) is 11.1 Å². The zero-order chi connectivity index (χ0) is 17.3. The Kier molecular flexibility index (Phi) is 4.13. The summed E-state index contributed by atoms with van der Waals surface area (Å²) >= 11 is 0. The number of fused-ring (bicyclic) bond motifs is 1. The molecule has 0 aliphatic carbocycles. The first-order valence-corrected chi connectivity index (χ1v) is 7.74. The zero-order valence-corrected chi connectivity index (χ0v) is 13.9. The van der Waals surface area contributed by atoms with E-state index < -0.39 is 0 Å². The van der Waals surface area contributed by atoms with E-state index in [1.54, 1.807) is 30.3 Å². The molecule has 0 radical (unpaired) electrons. The molecular weight excluding hydrogens is 300 g/mol. The normalized spacial score (nSPS) is 10.6. The number of benzene rings is 2. The summed E-state index contributed by atoms with van der Waals surface area (Å²) in [4.78, 5) is 28.5. The molecule has 0 fully saturated rings. The van der Waals surface area contributed by atoms with E-state index in [9.17, 15) is 9.59 Å². The molecule has 0 saturated heterocycles. The highest BCUT2D eigenvalue weighted by atomic mass is 16.1. The van der Waals surface area contributed by atoms with Crippen LogP contribution in [0.3, 0.4) is 0 Å². The number of nitrogens with zero attached hydrogens (tertiary/aromatic N) is 1. The van der Waals surface area contributed by atoms with Gasteiger partial charge in [-0.25, -0.2) is 0 Å². The first kappa shape index (κ1) is 15.9. The number of carbonyl (C=O) groups is 2. The molecule has 120 valence electrons. The molecule has 3 rings (SSSR count). The molecular formula is C20H18N2O2. The van der Waals surface area contributed by atoms with E-state index in [2.05, 4.69) is 10.3 Å². The average molecular weight is 318 g/mol. The second-order valence-corrected chi connectivity index (χ2v) is 5.92. The molecule has 4 heteroatoms. The number of hydrogen-bond donors (Lipinski definition) is 1. The van der Waals surface area contributed by atoms with E-state index in [4.69, 9.17) is 0 Å². The van der Waals surface area contributed by atoms with Gasteiger partial charge in [0.1, 0.15) is 0 Å². The molecule has 1 heterocycles. The molecule has 4 nitrogen and oxygen atoms in total. The van der Waals surface area contributed by atoms with E-state index in [1.807, 2.05) is 32.0 Å². The standard InChI is InChI=1S/C20H18N2O2/c1-12-4-9-19-17(10-12)18(11-13(2)21-19)20(24)22-16-7-5-15(6-8-16)14(3)23/h4-11H,1-3H3,(H,22,24). The Morgan fingerprint density at radius 1 is 0.958 bits per heavy atom. The van der Waals surface area contributed by atoms with Crippen LogP contribution in [0.15, 0.2) is 48.5 Å². The van der Waals surface area contributed by atoms with Crippen LogP contribution in [0.5, 0.6) is 0 Å². The smallest absolute Gasteiger partial charge is 0.256 e. The van der Waals surface area contributed by atoms with Crippen molar-refractivity contribution in [3.05, 3.63) is 70.9 Å². The fourth-order valence-corrected chi connectivity index (χ4v) is 2.65. The summed E-state index contributed by atoms with van der Waals surface area (Å²) in [5.41, 5.74) is 4.54. The monoisotopic (exact) mass is 318 g/mol. The number of hydrogen-bond acceptors (Lipinski definition) is 3. The SMILES string of the molecule is CC(=O)c1ccc(NC(=O)c2cc(C)nc3ccc(C)cc23)cc1. The van der Waals surface area contributed by atoms with Crippen LogP contribution >= 0.6 is 0 Å². The van der Waals surface area contributed by atoms with Gasteiger partial charge in [-0.1, -0.05) is 11.6 Å². The van der Waals surface area contributed by atoms with Gasteiger partial charge in [-0.05, 0) is 63.2 Å². The number of nitrogens with one attached hydrogen (secondary N) is 1. The maximum atomic E-state index is 12.7. The van der Waals surface area contributed by atoms with E-state index in [1.165, 1.54) is 6.92 Å². The van der Waals surface area contributed by atoms with Gasteiger partial charge in [-0.15, -0.1) is 0 Å². The van der Waals surface area contributed by atoms with E-state index in [-0.39, 0.29) is 11.7 Å². The molecule has 0 aliphatic heterocycles. The number of aryl methyl sites for hydroxylation is 2. The topological polar surface area (TPSA) is 59.1 Å². The van der Waals surface area contributed by atoms with Gasteiger partial charge in [0, 0.05) is 22.3 Å². The van der Waals surface area contributed by atoms with Crippen molar-refractivity contribution in [2.24, 2.45) is 0 Å². The predicted octanol–water partition coefficient (Wildman–Crippen LogP) is 4.31. The molecule has 0 unspecified atom stereocenters. The largest absolute Gasteiger partial charge is 0.322 e.